The summed E-state index contributed by atoms with van der Waals surface area (Å²) < 4.78 is 43.2. The molecule has 19 heavy (non-hydrogen) atoms. The molecular weight excluding hydrogens is 277 g/mol. The van der Waals surface area contributed by atoms with Gasteiger partial charge in [0.1, 0.15) is 5.82 Å². The predicted molar refractivity (Wildman–Crippen MR) is 64.6 cm³/mol. The van der Waals surface area contributed by atoms with Crippen LogP contribution < -0.4 is 4.72 Å². The van der Waals surface area contributed by atoms with Crippen molar-refractivity contribution in [1.29, 1.82) is 0 Å². The first kappa shape index (κ1) is 15.5. The van der Waals surface area contributed by atoms with Crippen LogP contribution in [0, 0.1) is 5.82 Å². The van der Waals surface area contributed by atoms with Gasteiger partial charge in [-0.25, -0.2) is 22.3 Å². The zero-order chi connectivity index (χ0) is 14.5. The van der Waals surface area contributed by atoms with Crippen LogP contribution in [0.3, 0.4) is 0 Å². The highest BCUT2D eigenvalue weighted by molar-refractivity contribution is 7.89. The molecule has 6 nitrogen and oxygen atoms in total. The number of aliphatic carboxylic acids is 1. The van der Waals surface area contributed by atoms with E-state index in [4.69, 9.17) is 9.84 Å². The topological polar surface area (TPSA) is 92.7 Å². The third-order valence-electron chi connectivity index (χ3n) is 2.23. The normalized spacial score (nSPS) is 13.2. The molecule has 0 aliphatic rings. The molecule has 0 aromatic heterocycles. The van der Waals surface area contributed by atoms with E-state index in [2.05, 4.69) is 4.72 Å². The molecule has 0 aliphatic carbocycles. The van der Waals surface area contributed by atoms with Gasteiger partial charge >= 0.3 is 5.97 Å². The predicted octanol–water partition coefficient (Wildman–Crippen LogP) is 0.594. The summed E-state index contributed by atoms with van der Waals surface area (Å²) in [7, 11) is -3.74. The van der Waals surface area contributed by atoms with Crippen molar-refractivity contribution in [2.24, 2.45) is 0 Å². The maximum Gasteiger partial charge on any atom is 0.332 e. The number of rotatable bonds is 7. The van der Waals surface area contributed by atoms with Gasteiger partial charge in [0.25, 0.3) is 0 Å². The van der Waals surface area contributed by atoms with Gasteiger partial charge in [-0.15, -0.1) is 0 Å². The van der Waals surface area contributed by atoms with Crippen molar-refractivity contribution in [3.63, 3.8) is 0 Å². The number of benzene rings is 1. The molecule has 0 spiro atoms. The summed E-state index contributed by atoms with van der Waals surface area (Å²) in [6.45, 7) is 1.20. The van der Waals surface area contributed by atoms with Crippen molar-refractivity contribution in [2.45, 2.75) is 17.9 Å². The number of halogens is 1. The summed E-state index contributed by atoms with van der Waals surface area (Å²) in [6.07, 6.45) is -1.00. The molecule has 0 aliphatic heterocycles. The molecule has 0 fully saturated rings. The summed E-state index contributed by atoms with van der Waals surface area (Å²) in [5, 5.41) is 8.55. The number of nitrogens with one attached hydrogen (secondary N) is 1. The van der Waals surface area contributed by atoms with E-state index in [1.165, 1.54) is 6.92 Å². The third kappa shape index (κ3) is 4.93. The van der Waals surface area contributed by atoms with Crippen molar-refractivity contribution >= 4 is 16.0 Å². The van der Waals surface area contributed by atoms with Gasteiger partial charge in [0.2, 0.25) is 10.0 Å². The fraction of sp³-hybridized carbons (Fsp3) is 0.364. The smallest absolute Gasteiger partial charge is 0.332 e. The Kier molecular flexibility index (Phi) is 5.40. The van der Waals surface area contributed by atoms with E-state index in [0.29, 0.717) is 0 Å². The fourth-order valence-electron chi connectivity index (χ4n) is 1.18. The zero-order valence-electron chi connectivity index (χ0n) is 10.2. The minimum Gasteiger partial charge on any atom is -0.479 e. The lowest BCUT2D eigenvalue weighted by Gasteiger charge is -2.09. The van der Waals surface area contributed by atoms with Crippen LogP contribution >= 0.6 is 0 Å². The van der Waals surface area contributed by atoms with Crippen LogP contribution in [0.5, 0.6) is 0 Å². The fourth-order valence-corrected chi connectivity index (χ4v) is 2.19. The lowest BCUT2D eigenvalue weighted by molar-refractivity contribution is -0.148. The molecule has 106 valence electrons. The number of ether oxygens (including phenoxy) is 1. The molecule has 0 saturated heterocycles. The highest BCUT2D eigenvalue weighted by atomic mass is 32.2. The lowest BCUT2D eigenvalue weighted by atomic mass is 10.4. The van der Waals surface area contributed by atoms with Gasteiger partial charge in [0.05, 0.1) is 11.5 Å². The largest absolute Gasteiger partial charge is 0.479 e. The van der Waals surface area contributed by atoms with Crippen molar-refractivity contribution in [1.82, 2.24) is 4.72 Å². The monoisotopic (exact) mass is 291 g/mol. The molecule has 1 atom stereocenters. The van der Waals surface area contributed by atoms with Crippen molar-refractivity contribution < 1.29 is 27.4 Å². The van der Waals surface area contributed by atoms with Crippen LogP contribution in [-0.4, -0.2) is 38.7 Å². The van der Waals surface area contributed by atoms with Gasteiger partial charge in [0, 0.05) is 6.54 Å². The molecule has 0 saturated carbocycles. The summed E-state index contributed by atoms with van der Waals surface area (Å²) in [5.41, 5.74) is 0. The highest BCUT2D eigenvalue weighted by Gasteiger charge is 2.14. The average Bonchev–Trinajstić information content (AvgIpc) is 2.34. The minimum atomic E-state index is -3.74. The number of hydrogen-bond acceptors (Lipinski definition) is 4. The molecule has 0 amide bonds. The standard InChI is InChI=1S/C11H14FNO5S/c1-8(11(14)15)18-7-6-13-19(16,17)10-4-2-9(12)3-5-10/h2-5,8,13H,6-7H2,1H3,(H,14,15). The zero-order valence-corrected chi connectivity index (χ0v) is 11.0. The Balaban J connectivity index is 2.48. The molecule has 0 radical (unpaired) electrons. The molecule has 0 bridgehead atoms. The highest BCUT2D eigenvalue weighted by Crippen LogP contribution is 2.09. The van der Waals surface area contributed by atoms with Gasteiger partial charge in [-0.2, -0.15) is 0 Å². The number of carbonyl (C=O) groups is 1. The summed E-state index contributed by atoms with van der Waals surface area (Å²) >= 11 is 0. The first-order valence-electron chi connectivity index (χ1n) is 5.42. The number of sulfonamides is 1. The molecule has 0 heterocycles. The third-order valence-corrected chi connectivity index (χ3v) is 3.71. The number of carboxylic acids is 1. The molecule has 1 aromatic carbocycles. The minimum absolute atomic E-state index is 0.0693. The van der Waals surface area contributed by atoms with Gasteiger partial charge in [0.15, 0.2) is 6.10 Å². The van der Waals surface area contributed by atoms with Crippen LogP contribution in [0.2, 0.25) is 0 Å². The Morgan fingerprint density at radius 1 is 1.42 bits per heavy atom. The molecule has 1 rings (SSSR count). The van der Waals surface area contributed by atoms with Crippen molar-refractivity contribution in [3.8, 4) is 0 Å². The second kappa shape index (κ2) is 6.60. The van der Waals surface area contributed by atoms with E-state index in [0.717, 1.165) is 24.3 Å². The SMILES string of the molecule is CC(OCCNS(=O)(=O)c1ccc(F)cc1)C(=O)O. The quantitative estimate of drug-likeness (QED) is 0.717. The molecular formula is C11H14FNO5S. The first-order valence-corrected chi connectivity index (χ1v) is 6.91. The molecule has 1 unspecified atom stereocenters. The first-order chi connectivity index (χ1) is 8.83. The van der Waals surface area contributed by atoms with E-state index in [1.54, 1.807) is 0 Å². The van der Waals surface area contributed by atoms with Crippen LogP contribution in [0.15, 0.2) is 29.2 Å². The van der Waals surface area contributed by atoms with E-state index >= 15 is 0 Å². The van der Waals surface area contributed by atoms with Gasteiger partial charge in [-0.3, -0.25) is 0 Å². The lowest BCUT2D eigenvalue weighted by Crippen LogP contribution is -2.30. The number of hydrogen-bond donors (Lipinski definition) is 2. The molecule has 8 heteroatoms. The van der Waals surface area contributed by atoms with Crippen LogP contribution in [0.4, 0.5) is 4.39 Å². The number of carboxylic acid groups (broad SMARTS) is 1. The van der Waals surface area contributed by atoms with Crippen molar-refractivity contribution in [3.05, 3.63) is 30.1 Å². The Bertz CT molecular complexity index is 529. The second-order valence-electron chi connectivity index (χ2n) is 3.70. The Morgan fingerprint density at radius 2 is 2.00 bits per heavy atom. The van der Waals surface area contributed by atoms with E-state index in [-0.39, 0.29) is 18.0 Å². The molecule has 1 aromatic rings. The van der Waals surface area contributed by atoms with Gasteiger partial charge < -0.3 is 9.84 Å². The van der Waals surface area contributed by atoms with E-state index < -0.39 is 27.9 Å². The maximum atomic E-state index is 12.7. The second-order valence-corrected chi connectivity index (χ2v) is 5.47. The summed E-state index contributed by atoms with van der Waals surface area (Å²) in [6, 6.07) is 4.35. The Labute approximate surface area is 110 Å². The van der Waals surface area contributed by atoms with Gasteiger partial charge in [-0.1, -0.05) is 0 Å². The van der Waals surface area contributed by atoms with Crippen LogP contribution in [0.25, 0.3) is 0 Å². The Morgan fingerprint density at radius 3 is 2.53 bits per heavy atom. The van der Waals surface area contributed by atoms with Gasteiger partial charge in [-0.05, 0) is 31.2 Å². The van der Waals surface area contributed by atoms with E-state index in [1.807, 2.05) is 0 Å². The van der Waals surface area contributed by atoms with Crippen LogP contribution in [0.1, 0.15) is 6.92 Å². The summed E-state index contributed by atoms with van der Waals surface area (Å²) in [5.74, 6) is -1.65. The average molecular weight is 291 g/mol. The van der Waals surface area contributed by atoms with Crippen LogP contribution in [-0.2, 0) is 19.6 Å². The summed E-state index contributed by atoms with van der Waals surface area (Å²) in [4.78, 5) is 10.4. The van der Waals surface area contributed by atoms with E-state index in [9.17, 15) is 17.6 Å². The Hall–Kier alpha value is -1.51. The molecule has 2 N–H and O–H groups in total. The maximum absolute atomic E-state index is 12.7. The van der Waals surface area contributed by atoms with Crippen molar-refractivity contribution in [2.75, 3.05) is 13.2 Å².